The number of nitrogens with zero attached hydrogens (tertiary/aromatic N) is 2. The van der Waals surface area contributed by atoms with Crippen LogP contribution in [0.15, 0.2) is 65.8 Å². The molecule has 3 aliphatic rings. The van der Waals surface area contributed by atoms with Gasteiger partial charge in [0.05, 0.1) is 11.8 Å². The summed E-state index contributed by atoms with van der Waals surface area (Å²) in [4.78, 5) is 0. The zero-order valence-corrected chi connectivity index (χ0v) is 16.5. The molecule has 150 valence electrons. The highest BCUT2D eigenvalue weighted by atomic mass is 35.5. The lowest BCUT2D eigenvalue weighted by Crippen LogP contribution is -2.33. The number of hydrogen-bond acceptors (Lipinski definition) is 5. The van der Waals surface area contributed by atoms with Crippen LogP contribution in [0.5, 0.6) is 17.2 Å². The van der Waals surface area contributed by atoms with Crippen LogP contribution < -0.4 is 14.2 Å². The number of hydrazone groups is 1. The van der Waals surface area contributed by atoms with E-state index >= 15 is 0 Å². The first-order valence-corrected chi connectivity index (χ1v) is 10.0. The Labute approximate surface area is 177 Å². The van der Waals surface area contributed by atoms with Gasteiger partial charge in [0.15, 0.2) is 11.5 Å². The van der Waals surface area contributed by atoms with Gasteiger partial charge in [-0.25, -0.2) is 9.40 Å². The van der Waals surface area contributed by atoms with Crippen molar-refractivity contribution in [2.24, 2.45) is 5.10 Å². The van der Waals surface area contributed by atoms with E-state index in [4.69, 9.17) is 30.9 Å². The van der Waals surface area contributed by atoms with E-state index in [2.05, 4.69) is 0 Å². The number of rotatable bonds is 2. The van der Waals surface area contributed by atoms with Crippen molar-refractivity contribution in [1.29, 1.82) is 0 Å². The Balaban J connectivity index is 1.43. The van der Waals surface area contributed by atoms with Gasteiger partial charge in [-0.05, 0) is 48.5 Å². The average Bonchev–Trinajstić information content (AvgIpc) is 3.41. The lowest BCUT2D eigenvalue weighted by Gasteiger charge is -2.38. The quantitative estimate of drug-likeness (QED) is 0.550. The molecule has 6 rings (SSSR count). The molecule has 2 unspecified atom stereocenters. The van der Waals surface area contributed by atoms with Crippen molar-refractivity contribution in [2.45, 2.75) is 18.7 Å². The zero-order chi connectivity index (χ0) is 20.2. The summed E-state index contributed by atoms with van der Waals surface area (Å²) < 4.78 is 30.7. The molecular weight excluding hydrogens is 407 g/mol. The summed E-state index contributed by atoms with van der Waals surface area (Å²) in [6.45, 7) is 0.229. The fourth-order valence-electron chi connectivity index (χ4n) is 4.16. The molecular formula is C23H16ClFN2O3. The monoisotopic (exact) mass is 422 g/mol. The van der Waals surface area contributed by atoms with Gasteiger partial charge in [-0.3, -0.25) is 0 Å². The third-order valence-corrected chi connectivity index (χ3v) is 5.85. The molecule has 3 aliphatic heterocycles. The van der Waals surface area contributed by atoms with Crippen molar-refractivity contribution in [3.8, 4) is 17.2 Å². The van der Waals surface area contributed by atoms with Gasteiger partial charge in [-0.2, -0.15) is 5.10 Å². The van der Waals surface area contributed by atoms with Crippen molar-refractivity contribution in [3.05, 3.63) is 88.2 Å². The number of hydrogen-bond donors (Lipinski definition) is 0. The topological polar surface area (TPSA) is 43.3 Å². The largest absolute Gasteiger partial charge is 0.464 e. The third-order valence-electron chi connectivity index (χ3n) is 5.61. The van der Waals surface area contributed by atoms with E-state index in [0.29, 0.717) is 11.4 Å². The summed E-state index contributed by atoms with van der Waals surface area (Å²) in [5.74, 6) is 1.93. The minimum Gasteiger partial charge on any atom is -0.464 e. The molecule has 5 nitrogen and oxygen atoms in total. The molecule has 3 aromatic carbocycles. The summed E-state index contributed by atoms with van der Waals surface area (Å²) in [5.41, 5.74) is 3.70. The molecule has 0 aromatic heterocycles. The van der Waals surface area contributed by atoms with Crippen LogP contribution in [0.3, 0.4) is 0 Å². The zero-order valence-electron chi connectivity index (χ0n) is 15.7. The standard InChI is InChI=1S/C23H16ClFN2O3/c24-15-4-8-20-17(10-15)19-11-18(14-3-7-21-22(9-14)29-12-28-21)26-27(19)23(30-20)13-1-5-16(25)6-2-13/h1-10,19,23H,11-12H2. The van der Waals surface area contributed by atoms with Crippen LogP contribution in [0, 0.1) is 5.82 Å². The van der Waals surface area contributed by atoms with Crippen LogP contribution in [-0.4, -0.2) is 17.5 Å². The van der Waals surface area contributed by atoms with Gasteiger partial charge >= 0.3 is 0 Å². The first-order chi connectivity index (χ1) is 14.7. The molecule has 0 amide bonds. The van der Waals surface area contributed by atoms with E-state index in [-0.39, 0.29) is 18.7 Å². The molecule has 0 fully saturated rings. The maximum absolute atomic E-state index is 13.5. The minimum atomic E-state index is -0.462. The smallest absolute Gasteiger partial charge is 0.231 e. The predicted molar refractivity (Wildman–Crippen MR) is 110 cm³/mol. The van der Waals surface area contributed by atoms with Gasteiger partial charge in [-0.1, -0.05) is 23.7 Å². The van der Waals surface area contributed by atoms with Crippen LogP contribution in [0.25, 0.3) is 0 Å². The van der Waals surface area contributed by atoms with E-state index in [1.54, 1.807) is 12.1 Å². The van der Waals surface area contributed by atoms with Gasteiger partial charge in [0.2, 0.25) is 13.0 Å². The van der Waals surface area contributed by atoms with Crippen molar-refractivity contribution in [3.63, 3.8) is 0 Å². The van der Waals surface area contributed by atoms with Gasteiger partial charge in [0.25, 0.3) is 0 Å². The lowest BCUT2D eigenvalue weighted by atomic mass is 9.95. The molecule has 3 aromatic rings. The molecule has 0 radical (unpaired) electrons. The van der Waals surface area contributed by atoms with Gasteiger partial charge < -0.3 is 14.2 Å². The first kappa shape index (κ1) is 17.6. The first-order valence-electron chi connectivity index (χ1n) is 9.63. The maximum atomic E-state index is 13.5. The Kier molecular flexibility index (Phi) is 3.89. The van der Waals surface area contributed by atoms with Gasteiger partial charge in [0, 0.05) is 28.1 Å². The number of halogens is 2. The van der Waals surface area contributed by atoms with E-state index in [1.165, 1.54) is 12.1 Å². The van der Waals surface area contributed by atoms with Crippen LogP contribution in [0.1, 0.15) is 35.4 Å². The highest BCUT2D eigenvalue weighted by Crippen LogP contribution is 2.48. The Hall–Kier alpha value is -3.25. The predicted octanol–water partition coefficient (Wildman–Crippen LogP) is 5.45. The lowest BCUT2D eigenvalue weighted by molar-refractivity contribution is -0.0190. The summed E-state index contributed by atoms with van der Waals surface area (Å²) in [7, 11) is 0. The van der Waals surface area contributed by atoms with E-state index < -0.39 is 6.23 Å². The fraction of sp³-hybridized carbons (Fsp3) is 0.174. The summed E-state index contributed by atoms with van der Waals surface area (Å²) in [6, 6.07) is 17.7. The van der Waals surface area contributed by atoms with Crippen molar-refractivity contribution in [2.75, 3.05) is 6.79 Å². The van der Waals surface area contributed by atoms with Crippen LogP contribution in [0.2, 0.25) is 5.02 Å². The van der Waals surface area contributed by atoms with Crippen molar-refractivity contribution in [1.82, 2.24) is 5.01 Å². The Morgan fingerprint density at radius 2 is 1.73 bits per heavy atom. The minimum absolute atomic E-state index is 0.0390. The van der Waals surface area contributed by atoms with Crippen molar-refractivity contribution >= 4 is 17.3 Å². The normalized spacial score (nSPS) is 21.0. The number of fused-ring (bicyclic) bond motifs is 4. The fourth-order valence-corrected chi connectivity index (χ4v) is 4.34. The maximum Gasteiger partial charge on any atom is 0.231 e. The summed E-state index contributed by atoms with van der Waals surface area (Å²) in [6.07, 6.45) is 0.226. The SMILES string of the molecule is Fc1ccc(C2Oc3ccc(Cl)cc3C3CC(c4ccc5c(c4)OCO5)=NN32)cc1. The molecule has 0 bridgehead atoms. The second-order valence-electron chi connectivity index (χ2n) is 7.42. The molecule has 3 heterocycles. The molecule has 2 atom stereocenters. The van der Waals surface area contributed by atoms with Crippen LogP contribution in [-0.2, 0) is 0 Å². The molecule has 0 saturated carbocycles. The molecule has 30 heavy (non-hydrogen) atoms. The number of benzene rings is 3. The second kappa shape index (κ2) is 6.64. The third kappa shape index (κ3) is 2.79. The van der Waals surface area contributed by atoms with Crippen molar-refractivity contribution < 1.29 is 18.6 Å². The van der Waals surface area contributed by atoms with Gasteiger partial charge in [-0.15, -0.1) is 0 Å². The molecule has 0 spiro atoms. The van der Waals surface area contributed by atoms with E-state index in [9.17, 15) is 4.39 Å². The molecule has 0 aliphatic carbocycles. The molecule has 0 N–H and O–H groups in total. The summed E-state index contributed by atoms with van der Waals surface area (Å²) in [5, 5.41) is 7.49. The van der Waals surface area contributed by atoms with E-state index in [1.807, 2.05) is 41.4 Å². The van der Waals surface area contributed by atoms with Gasteiger partial charge in [0.1, 0.15) is 11.6 Å². The Morgan fingerprint density at radius 3 is 2.60 bits per heavy atom. The summed E-state index contributed by atoms with van der Waals surface area (Å²) >= 11 is 6.27. The average molecular weight is 423 g/mol. The molecule has 7 heteroatoms. The van der Waals surface area contributed by atoms with E-state index in [0.717, 1.165) is 39.7 Å². The second-order valence-corrected chi connectivity index (χ2v) is 7.86. The molecule has 0 saturated heterocycles. The highest BCUT2D eigenvalue weighted by molar-refractivity contribution is 6.30. The Bertz CT molecular complexity index is 1180. The highest BCUT2D eigenvalue weighted by Gasteiger charge is 2.41. The van der Waals surface area contributed by atoms with Crippen LogP contribution in [0.4, 0.5) is 4.39 Å². The Morgan fingerprint density at radius 1 is 0.933 bits per heavy atom. The van der Waals surface area contributed by atoms with Crippen LogP contribution >= 0.6 is 11.6 Å². The number of ether oxygens (including phenoxy) is 3.